The number of hydrogen-bond donors (Lipinski definition) is 3. The molecule has 0 atom stereocenters. The van der Waals surface area contributed by atoms with E-state index in [0.717, 1.165) is 48.2 Å². The highest BCUT2D eigenvalue weighted by molar-refractivity contribution is 6.35. The number of nitrogens with one attached hydrogen (secondary N) is 2. The smallest absolute Gasteiger partial charge is 0.239 e. The Morgan fingerprint density at radius 2 is 1.82 bits per heavy atom. The van der Waals surface area contributed by atoms with Crippen molar-refractivity contribution in [2.24, 2.45) is 0 Å². The molecule has 1 fully saturated rings. The number of likely N-dealkylation sites (N-methyl/N-ethyl adjacent to an activating group) is 1. The number of nitrogens with two attached hydrogens (primary N) is 1. The van der Waals surface area contributed by atoms with Gasteiger partial charge in [-0.25, -0.2) is 9.97 Å². The standard InChI is InChI=1S/C24H25ClN8O/c1-32-7-9-33(10-8-32)14-19(34)28-24-23(26)29-21(15-5-3-2-4-6-15)22(30-24)16-11-17-13-27-31-20(17)18(25)12-16/h2-6,11-13H,7-10,14H2,1H3,(H2,26,29)(H,27,31)(H,28,30,34). The van der Waals surface area contributed by atoms with Crippen LogP contribution in [0.15, 0.2) is 48.7 Å². The third-order valence-corrected chi connectivity index (χ3v) is 6.26. The number of aromatic amines is 1. The lowest BCUT2D eigenvalue weighted by atomic mass is 10.0. The molecule has 1 aliphatic heterocycles. The second-order valence-electron chi connectivity index (χ2n) is 8.44. The molecule has 5 rings (SSSR count). The molecule has 3 heterocycles. The van der Waals surface area contributed by atoms with Gasteiger partial charge in [0.05, 0.1) is 34.7 Å². The van der Waals surface area contributed by atoms with Crippen LogP contribution >= 0.6 is 11.6 Å². The fourth-order valence-electron chi connectivity index (χ4n) is 4.07. The van der Waals surface area contributed by atoms with Gasteiger partial charge in [0, 0.05) is 42.7 Å². The van der Waals surface area contributed by atoms with Crippen molar-refractivity contribution >= 4 is 40.0 Å². The first kappa shape index (κ1) is 22.3. The molecule has 0 aliphatic carbocycles. The Labute approximate surface area is 201 Å². The summed E-state index contributed by atoms with van der Waals surface area (Å²) in [4.78, 5) is 26.5. The van der Waals surface area contributed by atoms with E-state index in [0.29, 0.717) is 16.4 Å². The summed E-state index contributed by atoms with van der Waals surface area (Å²) in [5, 5.41) is 11.2. The van der Waals surface area contributed by atoms with Crippen LogP contribution in [0.5, 0.6) is 0 Å². The van der Waals surface area contributed by atoms with Crippen LogP contribution in [0, 0.1) is 0 Å². The van der Waals surface area contributed by atoms with Crippen molar-refractivity contribution in [3.05, 3.63) is 53.7 Å². The van der Waals surface area contributed by atoms with Crippen LogP contribution in [0.2, 0.25) is 5.02 Å². The van der Waals surface area contributed by atoms with E-state index in [4.69, 9.17) is 22.3 Å². The normalized spacial score (nSPS) is 15.0. The van der Waals surface area contributed by atoms with Crippen LogP contribution in [0.4, 0.5) is 11.6 Å². The van der Waals surface area contributed by atoms with E-state index < -0.39 is 0 Å². The van der Waals surface area contributed by atoms with Crippen LogP contribution in [0.25, 0.3) is 33.4 Å². The Hall–Kier alpha value is -3.53. The molecular formula is C24H25ClN8O. The number of anilines is 2. The number of amides is 1. The van der Waals surface area contributed by atoms with Crippen LogP contribution in [0.3, 0.4) is 0 Å². The number of H-pyrrole nitrogens is 1. The van der Waals surface area contributed by atoms with Gasteiger partial charge in [-0.2, -0.15) is 5.10 Å². The fraction of sp³-hybridized carbons (Fsp3) is 0.250. The number of rotatable bonds is 5. The number of nitrogens with zero attached hydrogens (tertiary/aromatic N) is 5. The molecule has 2 aromatic heterocycles. The van der Waals surface area contributed by atoms with Crippen LogP contribution in [0.1, 0.15) is 0 Å². The summed E-state index contributed by atoms with van der Waals surface area (Å²) in [5.74, 6) is 0.217. The summed E-state index contributed by atoms with van der Waals surface area (Å²) in [6.45, 7) is 3.82. The molecule has 174 valence electrons. The van der Waals surface area contributed by atoms with Crippen molar-refractivity contribution in [3.63, 3.8) is 0 Å². The molecule has 0 unspecified atom stereocenters. The maximum absolute atomic E-state index is 12.8. The average Bonchev–Trinajstić information content (AvgIpc) is 3.32. The molecule has 9 nitrogen and oxygen atoms in total. The first-order valence-corrected chi connectivity index (χ1v) is 11.4. The third-order valence-electron chi connectivity index (χ3n) is 5.97. The molecule has 1 saturated heterocycles. The van der Waals surface area contributed by atoms with Gasteiger partial charge in [0.1, 0.15) is 0 Å². The number of benzene rings is 2. The zero-order valence-electron chi connectivity index (χ0n) is 18.8. The third kappa shape index (κ3) is 4.58. The largest absolute Gasteiger partial charge is 0.381 e. The van der Waals surface area contributed by atoms with Crippen LogP contribution < -0.4 is 11.1 Å². The molecule has 1 amide bonds. The van der Waals surface area contributed by atoms with E-state index in [9.17, 15) is 4.79 Å². The van der Waals surface area contributed by atoms with E-state index in [1.807, 2.05) is 42.5 Å². The highest BCUT2D eigenvalue weighted by Gasteiger charge is 2.21. The van der Waals surface area contributed by atoms with E-state index >= 15 is 0 Å². The van der Waals surface area contributed by atoms with Crippen molar-refractivity contribution in [3.8, 4) is 22.5 Å². The van der Waals surface area contributed by atoms with Gasteiger partial charge in [-0.05, 0) is 19.2 Å². The second kappa shape index (κ2) is 9.38. The summed E-state index contributed by atoms with van der Waals surface area (Å²) < 4.78 is 0. The predicted octanol–water partition coefficient (Wildman–Crippen LogP) is 3.11. The highest BCUT2D eigenvalue weighted by atomic mass is 35.5. The number of aromatic nitrogens is 4. The number of carbonyl (C=O) groups excluding carboxylic acids is 1. The summed E-state index contributed by atoms with van der Waals surface area (Å²) in [6, 6.07) is 13.4. The van der Waals surface area contributed by atoms with Crippen molar-refractivity contribution in [1.82, 2.24) is 30.0 Å². The Balaban J connectivity index is 1.51. The molecule has 2 aromatic carbocycles. The Kier molecular flexibility index (Phi) is 6.14. The van der Waals surface area contributed by atoms with Crippen molar-refractivity contribution in [2.45, 2.75) is 0 Å². The molecule has 0 radical (unpaired) electrons. The van der Waals surface area contributed by atoms with Crippen molar-refractivity contribution < 1.29 is 4.79 Å². The SMILES string of the molecule is CN1CCN(CC(=O)Nc2nc(-c3cc(Cl)c4[nH]ncc4c3)c(-c3ccccc3)nc2N)CC1. The zero-order valence-corrected chi connectivity index (χ0v) is 19.5. The molecule has 4 aromatic rings. The number of halogens is 1. The molecule has 0 spiro atoms. The van der Waals surface area contributed by atoms with Gasteiger partial charge in [-0.3, -0.25) is 14.8 Å². The van der Waals surface area contributed by atoms with Gasteiger partial charge >= 0.3 is 0 Å². The lowest BCUT2D eigenvalue weighted by Gasteiger charge is -2.31. The number of fused-ring (bicyclic) bond motifs is 1. The van der Waals surface area contributed by atoms with E-state index in [1.165, 1.54) is 0 Å². The zero-order chi connectivity index (χ0) is 23.7. The summed E-state index contributed by atoms with van der Waals surface area (Å²) in [5.41, 5.74) is 9.79. The maximum atomic E-state index is 12.8. The molecule has 34 heavy (non-hydrogen) atoms. The predicted molar refractivity (Wildman–Crippen MR) is 135 cm³/mol. The fourth-order valence-corrected chi connectivity index (χ4v) is 4.34. The number of nitrogen functional groups attached to an aromatic ring is 1. The Bertz CT molecular complexity index is 1330. The van der Waals surface area contributed by atoms with Crippen molar-refractivity contribution in [2.75, 3.05) is 50.8 Å². The summed E-state index contributed by atoms with van der Waals surface area (Å²) >= 11 is 6.50. The van der Waals surface area contributed by atoms with E-state index in [-0.39, 0.29) is 24.1 Å². The number of carbonyl (C=O) groups is 1. The Morgan fingerprint density at radius 1 is 1.09 bits per heavy atom. The summed E-state index contributed by atoms with van der Waals surface area (Å²) in [7, 11) is 2.08. The number of hydrogen-bond acceptors (Lipinski definition) is 7. The van der Waals surface area contributed by atoms with Gasteiger partial charge < -0.3 is 16.0 Å². The highest BCUT2D eigenvalue weighted by Crippen LogP contribution is 2.35. The topological polar surface area (TPSA) is 116 Å². The molecule has 0 bridgehead atoms. The minimum Gasteiger partial charge on any atom is -0.381 e. The first-order chi connectivity index (χ1) is 16.5. The van der Waals surface area contributed by atoms with Gasteiger partial charge in [0.15, 0.2) is 11.6 Å². The van der Waals surface area contributed by atoms with Gasteiger partial charge in [0.2, 0.25) is 5.91 Å². The molecule has 10 heteroatoms. The second-order valence-corrected chi connectivity index (χ2v) is 8.85. The van der Waals surface area contributed by atoms with Gasteiger partial charge in [-0.1, -0.05) is 41.9 Å². The molecular weight excluding hydrogens is 452 g/mol. The lowest BCUT2D eigenvalue weighted by molar-refractivity contribution is -0.117. The number of piperazine rings is 1. The quantitative estimate of drug-likeness (QED) is 0.405. The minimum atomic E-state index is -0.174. The Morgan fingerprint density at radius 3 is 2.59 bits per heavy atom. The maximum Gasteiger partial charge on any atom is 0.239 e. The van der Waals surface area contributed by atoms with Crippen LogP contribution in [-0.2, 0) is 4.79 Å². The molecule has 4 N–H and O–H groups in total. The van der Waals surface area contributed by atoms with E-state index in [1.54, 1.807) is 6.20 Å². The average molecular weight is 477 g/mol. The molecule has 1 aliphatic rings. The van der Waals surface area contributed by atoms with Crippen molar-refractivity contribution in [1.29, 1.82) is 0 Å². The molecule has 0 saturated carbocycles. The van der Waals surface area contributed by atoms with E-state index in [2.05, 4.69) is 37.3 Å². The lowest BCUT2D eigenvalue weighted by Crippen LogP contribution is -2.47. The van der Waals surface area contributed by atoms with Crippen LogP contribution in [-0.4, -0.2) is 75.6 Å². The minimum absolute atomic E-state index is 0.157. The van der Waals surface area contributed by atoms with Gasteiger partial charge in [0.25, 0.3) is 0 Å². The monoisotopic (exact) mass is 476 g/mol. The van der Waals surface area contributed by atoms with Gasteiger partial charge in [-0.15, -0.1) is 0 Å². The first-order valence-electron chi connectivity index (χ1n) is 11.0. The summed E-state index contributed by atoms with van der Waals surface area (Å²) in [6.07, 6.45) is 1.70.